The van der Waals surface area contributed by atoms with Gasteiger partial charge in [-0.15, -0.1) is 0 Å². The van der Waals surface area contributed by atoms with E-state index in [1.165, 1.54) is 21.3 Å². The number of carbonyl (C=O) groups excluding carboxylic acids is 2. The third-order valence-electron chi connectivity index (χ3n) is 3.62. The number of hydrogen-bond acceptors (Lipinski definition) is 7. The second-order valence-corrected chi connectivity index (χ2v) is 4.89. The molecule has 0 fully saturated rings. The molecule has 0 saturated carbocycles. The lowest BCUT2D eigenvalue weighted by Crippen LogP contribution is -2.07. The van der Waals surface area contributed by atoms with Gasteiger partial charge in [0.25, 0.3) is 0 Å². The summed E-state index contributed by atoms with van der Waals surface area (Å²) in [5.41, 5.74) is 2.10. The van der Waals surface area contributed by atoms with Crippen LogP contribution in [0.25, 0.3) is 22.1 Å². The van der Waals surface area contributed by atoms with Crippen LogP contribution in [0.1, 0.15) is 20.7 Å². The molecule has 0 bridgehead atoms. The van der Waals surface area contributed by atoms with E-state index in [1.807, 2.05) is 0 Å². The Morgan fingerprint density at radius 2 is 1.46 bits per heavy atom. The average molecular weight is 326 g/mol. The zero-order valence-electron chi connectivity index (χ0n) is 13.3. The molecular formula is C17H14N2O5. The molecule has 0 aliphatic heterocycles. The van der Waals surface area contributed by atoms with Crippen LogP contribution in [-0.4, -0.2) is 43.2 Å². The van der Waals surface area contributed by atoms with Crippen molar-refractivity contribution in [3.63, 3.8) is 0 Å². The Hall–Kier alpha value is -3.22. The van der Waals surface area contributed by atoms with Gasteiger partial charge in [0.15, 0.2) is 0 Å². The zero-order valence-corrected chi connectivity index (χ0v) is 13.3. The number of benzene rings is 2. The molecule has 0 saturated heterocycles. The summed E-state index contributed by atoms with van der Waals surface area (Å²) in [6, 6.07) is 8.15. The number of para-hydroxylation sites is 1. The number of fused-ring (bicyclic) bond motifs is 2. The van der Waals surface area contributed by atoms with Gasteiger partial charge >= 0.3 is 11.9 Å². The van der Waals surface area contributed by atoms with E-state index < -0.39 is 11.9 Å². The molecule has 0 aliphatic carbocycles. The molecule has 0 N–H and O–H groups in total. The number of ether oxygens (including phenoxy) is 3. The van der Waals surface area contributed by atoms with Crippen LogP contribution < -0.4 is 4.74 Å². The molecule has 1 aromatic heterocycles. The number of methoxy groups -OCH3 is 3. The van der Waals surface area contributed by atoms with Crippen molar-refractivity contribution < 1.29 is 23.8 Å². The van der Waals surface area contributed by atoms with Crippen LogP contribution in [0.5, 0.6) is 5.75 Å². The summed E-state index contributed by atoms with van der Waals surface area (Å²) in [7, 11) is 4.08. The SMILES string of the molecule is COC(=O)c1cccc2nc3c(C(=O)OC)ccc(OC)c3nc12. The van der Waals surface area contributed by atoms with Crippen LogP contribution in [-0.2, 0) is 9.47 Å². The zero-order chi connectivity index (χ0) is 17.3. The monoisotopic (exact) mass is 326 g/mol. The van der Waals surface area contributed by atoms with E-state index in [9.17, 15) is 9.59 Å². The van der Waals surface area contributed by atoms with E-state index in [0.29, 0.717) is 27.8 Å². The Morgan fingerprint density at radius 3 is 2.08 bits per heavy atom. The topological polar surface area (TPSA) is 87.6 Å². The van der Waals surface area contributed by atoms with Gasteiger partial charge in [-0.1, -0.05) is 6.07 Å². The molecule has 0 radical (unpaired) electrons. The van der Waals surface area contributed by atoms with E-state index in [1.54, 1.807) is 30.3 Å². The van der Waals surface area contributed by atoms with Crippen LogP contribution in [0.4, 0.5) is 0 Å². The first-order valence-electron chi connectivity index (χ1n) is 7.04. The highest BCUT2D eigenvalue weighted by Gasteiger charge is 2.19. The smallest absolute Gasteiger partial charge is 0.340 e. The van der Waals surface area contributed by atoms with Crippen molar-refractivity contribution in [3.05, 3.63) is 41.5 Å². The van der Waals surface area contributed by atoms with Crippen molar-refractivity contribution in [2.75, 3.05) is 21.3 Å². The summed E-state index contributed by atoms with van der Waals surface area (Å²) in [6.07, 6.45) is 0. The Kier molecular flexibility index (Phi) is 3.99. The lowest BCUT2D eigenvalue weighted by molar-refractivity contribution is 0.0593. The van der Waals surface area contributed by atoms with Crippen LogP contribution in [0.3, 0.4) is 0 Å². The summed E-state index contributed by atoms with van der Waals surface area (Å²) >= 11 is 0. The highest BCUT2D eigenvalue weighted by Crippen LogP contribution is 2.29. The summed E-state index contributed by atoms with van der Waals surface area (Å²) in [5.74, 6) is -0.607. The summed E-state index contributed by atoms with van der Waals surface area (Å²) in [6.45, 7) is 0. The molecule has 0 amide bonds. The molecule has 7 heteroatoms. The predicted octanol–water partition coefficient (Wildman–Crippen LogP) is 2.36. The maximum absolute atomic E-state index is 12.0. The van der Waals surface area contributed by atoms with E-state index in [0.717, 1.165) is 0 Å². The second kappa shape index (κ2) is 6.11. The van der Waals surface area contributed by atoms with Crippen molar-refractivity contribution in [2.45, 2.75) is 0 Å². The normalized spacial score (nSPS) is 10.6. The average Bonchev–Trinajstić information content (AvgIpc) is 2.63. The standard InChI is InChI=1S/C17H14N2O5/c1-22-12-8-7-10(17(21)24-3)14-15(12)19-13-9(16(20)23-2)5-4-6-11(13)18-14/h4-8H,1-3H3. The van der Waals surface area contributed by atoms with Crippen molar-refractivity contribution in [3.8, 4) is 5.75 Å². The molecule has 122 valence electrons. The highest BCUT2D eigenvalue weighted by atomic mass is 16.5. The van der Waals surface area contributed by atoms with Crippen LogP contribution in [0.2, 0.25) is 0 Å². The van der Waals surface area contributed by atoms with E-state index >= 15 is 0 Å². The van der Waals surface area contributed by atoms with Gasteiger partial charge in [-0.05, 0) is 24.3 Å². The van der Waals surface area contributed by atoms with Gasteiger partial charge in [-0.2, -0.15) is 0 Å². The molecule has 3 rings (SSSR count). The molecule has 0 aliphatic rings. The fourth-order valence-electron chi connectivity index (χ4n) is 2.47. The molecule has 2 aromatic carbocycles. The fourth-order valence-corrected chi connectivity index (χ4v) is 2.47. The van der Waals surface area contributed by atoms with Crippen molar-refractivity contribution >= 4 is 34.0 Å². The number of carbonyl (C=O) groups is 2. The fraction of sp³-hybridized carbons (Fsp3) is 0.176. The first-order valence-corrected chi connectivity index (χ1v) is 7.04. The number of rotatable bonds is 3. The third-order valence-corrected chi connectivity index (χ3v) is 3.62. The molecule has 0 unspecified atom stereocenters. The first-order chi connectivity index (χ1) is 11.6. The van der Waals surface area contributed by atoms with Crippen molar-refractivity contribution in [1.29, 1.82) is 0 Å². The number of nitrogens with zero attached hydrogens (tertiary/aromatic N) is 2. The quantitative estimate of drug-likeness (QED) is 0.539. The Bertz CT molecular complexity index is 968. The van der Waals surface area contributed by atoms with Gasteiger partial charge in [-0.3, -0.25) is 0 Å². The first kappa shape index (κ1) is 15.7. The summed E-state index contributed by atoms with van der Waals surface area (Å²) < 4.78 is 14.9. The largest absolute Gasteiger partial charge is 0.494 e. The van der Waals surface area contributed by atoms with E-state index in [4.69, 9.17) is 14.2 Å². The highest BCUT2D eigenvalue weighted by molar-refractivity contribution is 6.08. The van der Waals surface area contributed by atoms with Crippen LogP contribution in [0.15, 0.2) is 30.3 Å². The minimum atomic E-state index is -0.527. The number of aromatic nitrogens is 2. The molecular weight excluding hydrogens is 312 g/mol. The second-order valence-electron chi connectivity index (χ2n) is 4.89. The minimum Gasteiger partial charge on any atom is -0.494 e. The Balaban J connectivity index is 2.43. The molecule has 0 atom stereocenters. The van der Waals surface area contributed by atoms with Gasteiger partial charge in [0.2, 0.25) is 0 Å². The number of hydrogen-bond donors (Lipinski definition) is 0. The molecule has 1 heterocycles. The van der Waals surface area contributed by atoms with Gasteiger partial charge in [0, 0.05) is 0 Å². The van der Waals surface area contributed by atoms with Gasteiger partial charge < -0.3 is 14.2 Å². The number of esters is 2. The molecule has 0 spiro atoms. The Labute approximate surface area is 137 Å². The van der Waals surface area contributed by atoms with E-state index in [2.05, 4.69) is 9.97 Å². The Morgan fingerprint density at radius 1 is 0.792 bits per heavy atom. The van der Waals surface area contributed by atoms with Crippen molar-refractivity contribution in [1.82, 2.24) is 9.97 Å². The van der Waals surface area contributed by atoms with Crippen LogP contribution in [0, 0.1) is 0 Å². The lowest BCUT2D eigenvalue weighted by atomic mass is 10.1. The minimum absolute atomic E-state index is 0.270. The van der Waals surface area contributed by atoms with Gasteiger partial charge in [-0.25, -0.2) is 19.6 Å². The summed E-state index contributed by atoms with van der Waals surface area (Å²) in [4.78, 5) is 32.9. The maximum atomic E-state index is 12.0. The molecule has 24 heavy (non-hydrogen) atoms. The van der Waals surface area contributed by atoms with Gasteiger partial charge in [0.1, 0.15) is 22.3 Å². The third kappa shape index (κ3) is 2.40. The van der Waals surface area contributed by atoms with E-state index in [-0.39, 0.29) is 11.1 Å². The van der Waals surface area contributed by atoms with Crippen molar-refractivity contribution in [2.24, 2.45) is 0 Å². The molecule has 3 aromatic rings. The van der Waals surface area contributed by atoms with Crippen LogP contribution >= 0.6 is 0 Å². The summed E-state index contributed by atoms with van der Waals surface area (Å²) in [5, 5.41) is 0. The van der Waals surface area contributed by atoms with Gasteiger partial charge in [0.05, 0.1) is 38.0 Å². The maximum Gasteiger partial charge on any atom is 0.340 e. The molecule has 7 nitrogen and oxygen atoms in total. The predicted molar refractivity (Wildman–Crippen MR) is 86.3 cm³/mol. The lowest BCUT2D eigenvalue weighted by Gasteiger charge is -2.10.